The van der Waals surface area contributed by atoms with Crippen molar-refractivity contribution >= 4 is 27.7 Å². The number of nitrogens with zero attached hydrogens (tertiary/aromatic N) is 1. The molecular weight excluding hydrogens is 322 g/mol. The number of nitrogens with two attached hydrogens (primary N) is 1. The van der Waals surface area contributed by atoms with E-state index < -0.39 is 5.91 Å². The Labute approximate surface area is 124 Å². The van der Waals surface area contributed by atoms with Gasteiger partial charge in [-0.2, -0.15) is 0 Å². The second-order valence-electron chi connectivity index (χ2n) is 4.11. The molecule has 0 unspecified atom stereocenters. The Morgan fingerprint density at radius 2 is 2.00 bits per heavy atom. The number of amides is 2. The molecule has 5 nitrogen and oxygen atoms in total. The van der Waals surface area contributed by atoms with Gasteiger partial charge in [-0.05, 0) is 45.8 Å². The van der Waals surface area contributed by atoms with Crippen LogP contribution in [0.4, 0.5) is 0 Å². The summed E-state index contributed by atoms with van der Waals surface area (Å²) in [5.74, 6) is -0.700. The van der Waals surface area contributed by atoms with E-state index in [0.717, 1.165) is 5.56 Å². The number of nitrogens with one attached hydrogen (secondary N) is 1. The molecule has 0 aliphatic carbocycles. The number of hydrogen-bond donors (Lipinski definition) is 2. The van der Waals surface area contributed by atoms with Gasteiger partial charge in [0.2, 0.25) is 5.91 Å². The molecule has 102 valence electrons. The molecule has 0 aliphatic rings. The molecule has 0 saturated carbocycles. The van der Waals surface area contributed by atoms with E-state index in [-0.39, 0.29) is 5.91 Å². The minimum atomic E-state index is -0.490. The van der Waals surface area contributed by atoms with Crippen molar-refractivity contribution in [2.75, 3.05) is 0 Å². The summed E-state index contributed by atoms with van der Waals surface area (Å²) in [6.45, 7) is 0.319. The summed E-state index contributed by atoms with van der Waals surface area (Å²) in [5, 5.41) is 2.77. The van der Waals surface area contributed by atoms with Crippen molar-refractivity contribution < 1.29 is 9.59 Å². The van der Waals surface area contributed by atoms with Crippen LogP contribution in [0.5, 0.6) is 0 Å². The Bertz CT molecular complexity index is 658. The first kappa shape index (κ1) is 14.2. The van der Waals surface area contributed by atoms with Crippen LogP contribution in [0.1, 0.15) is 26.3 Å². The normalized spacial score (nSPS) is 10.1. The third kappa shape index (κ3) is 3.64. The number of pyridine rings is 1. The largest absolute Gasteiger partial charge is 0.366 e. The highest BCUT2D eigenvalue weighted by Crippen LogP contribution is 2.09. The monoisotopic (exact) mass is 333 g/mol. The van der Waals surface area contributed by atoms with Gasteiger partial charge in [0, 0.05) is 23.9 Å². The minimum absolute atomic E-state index is 0.211. The Balaban J connectivity index is 2.03. The summed E-state index contributed by atoms with van der Waals surface area (Å²) in [5.41, 5.74) is 6.95. The number of aromatic nitrogens is 1. The van der Waals surface area contributed by atoms with Crippen LogP contribution >= 0.6 is 15.9 Å². The highest BCUT2D eigenvalue weighted by molar-refractivity contribution is 9.10. The summed E-state index contributed by atoms with van der Waals surface area (Å²) in [7, 11) is 0. The molecule has 2 amide bonds. The number of carbonyl (C=O) groups is 2. The first-order valence-corrected chi connectivity index (χ1v) is 6.64. The lowest BCUT2D eigenvalue weighted by atomic mass is 10.1. The molecule has 0 spiro atoms. The summed E-state index contributed by atoms with van der Waals surface area (Å²) in [6, 6.07) is 10.1. The highest BCUT2D eigenvalue weighted by atomic mass is 79.9. The van der Waals surface area contributed by atoms with Crippen LogP contribution in [0, 0.1) is 0 Å². The van der Waals surface area contributed by atoms with Crippen LogP contribution in [0.25, 0.3) is 0 Å². The smallest absolute Gasteiger partial charge is 0.251 e. The van der Waals surface area contributed by atoms with Gasteiger partial charge >= 0.3 is 0 Å². The van der Waals surface area contributed by atoms with Crippen LogP contribution in [0.2, 0.25) is 0 Å². The molecule has 0 bridgehead atoms. The van der Waals surface area contributed by atoms with Crippen LogP contribution < -0.4 is 11.1 Å². The van der Waals surface area contributed by atoms with Gasteiger partial charge in [0.1, 0.15) is 4.60 Å². The fraction of sp³-hybridized carbons (Fsp3) is 0.0714. The van der Waals surface area contributed by atoms with Crippen molar-refractivity contribution in [2.24, 2.45) is 5.73 Å². The number of hydrogen-bond acceptors (Lipinski definition) is 3. The Morgan fingerprint density at radius 1 is 1.20 bits per heavy atom. The molecule has 6 heteroatoms. The Morgan fingerprint density at radius 3 is 2.70 bits per heavy atom. The molecule has 1 heterocycles. The van der Waals surface area contributed by atoms with Gasteiger partial charge in [-0.3, -0.25) is 9.59 Å². The molecule has 1 aromatic carbocycles. The molecule has 2 aromatic rings. The average molecular weight is 334 g/mol. The molecule has 0 fully saturated rings. The van der Waals surface area contributed by atoms with E-state index in [4.69, 9.17) is 5.73 Å². The topological polar surface area (TPSA) is 85.1 Å². The van der Waals surface area contributed by atoms with Gasteiger partial charge in [-0.25, -0.2) is 4.98 Å². The number of halogens is 1. The summed E-state index contributed by atoms with van der Waals surface area (Å²) >= 11 is 3.21. The van der Waals surface area contributed by atoms with Gasteiger partial charge < -0.3 is 11.1 Å². The molecule has 20 heavy (non-hydrogen) atoms. The summed E-state index contributed by atoms with van der Waals surface area (Å²) in [6.07, 6.45) is 1.55. The second kappa shape index (κ2) is 6.29. The standard InChI is InChI=1S/C14H12BrN3O2/c15-12-7-11(4-5-17-12)14(20)18-8-9-2-1-3-10(6-9)13(16)19/h1-7H,8H2,(H2,16,19)(H,18,20). The fourth-order valence-corrected chi connectivity index (χ4v) is 2.03. The van der Waals surface area contributed by atoms with Crippen molar-refractivity contribution in [1.29, 1.82) is 0 Å². The molecule has 1 aromatic heterocycles. The number of carbonyl (C=O) groups excluding carboxylic acids is 2. The maximum Gasteiger partial charge on any atom is 0.251 e. The number of rotatable bonds is 4. The van der Waals surface area contributed by atoms with E-state index >= 15 is 0 Å². The van der Waals surface area contributed by atoms with Crippen LogP contribution in [-0.2, 0) is 6.54 Å². The predicted octanol–water partition coefficient (Wildman–Crippen LogP) is 1.87. The first-order valence-electron chi connectivity index (χ1n) is 5.85. The van der Waals surface area contributed by atoms with E-state index in [1.165, 1.54) is 0 Å². The lowest BCUT2D eigenvalue weighted by Crippen LogP contribution is -2.23. The molecule has 0 atom stereocenters. The molecule has 0 radical (unpaired) electrons. The van der Waals surface area contributed by atoms with Crippen molar-refractivity contribution in [1.82, 2.24) is 10.3 Å². The lowest BCUT2D eigenvalue weighted by Gasteiger charge is -2.06. The zero-order valence-electron chi connectivity index (χ0n) is 10.5. The van der Waals surface area contributed by atoms with Gasteiger partial charge in [0.05, 0.1) is 0 Å². The summed E-state index contributed by atoms with van der Waals surface area (Å²) < 4.78 is 0.598. The molecule has 2 rings (SSSR count). The third-order valence-electron chi connectivity index (χ3n) is 2.65. The predicted molar refractivity (Wildman–Crippen MR) is 78.1 cm³/mol. The maximum absolute atomic E-state index is 11.9. The number of benzene rings is 1. The Kier molecular flexibility index (Phi) is 4.47. The van der Waals surface area contributed by atoms with Crippen LogP contribution in [-0.4, -0.2) is 16.8 Å². The van der Waals surface area contributed by atoms with Crippen molar-refractivity contribution in [3.8, 4) is 0 Å². The van der Waals surface area contributed by atoms with Crippen LogP contribution in [0.3, 0.4) is 0 Å². The van der Waals surface area contributed by atoms with E-state index in [0.29, 0.717) is 22.3 Å². The van der Waals surface area contributed by atoms with Crippen LogP contribution in [0.15, 0.2) is 47.2 Å². The zero-order valence-corrected chi connectivity index (χ0v) is 12.1. The molecular formula is C14H12BrN3O2. The summed E-state index contributed by atoms with van der Waals surface area (Å²) in [4.78, 5) is 27.0. The molecule has 0 saturated heterocycles. The highest BCUT2D eigenvalue weighted by Gasteiger charge is 2.07. The van der Waals surface area contributed by atoms with E-state index in [2.05, 4.69) is 26.2 Å². The first-order chi connectivity index (χ1) is 9.56. The van der Waals surface area contributed by atoms with Crippen molar-refractivity contribution in [2.45, 2.75) is 6.54 Å². The lowest BCUT2D eigenvalue weighted by molar-refractivity contribution is 0.0950. The van der Waals surface area contributed by atoms with Gasteiger partial charge in [0.25, 0.3) is 5.91 Å². The van der Waals surface area contributed by atoms with E-state index in [1.54, 1.807) is 36.5 Å². The third-order valence-corrected chi connectivity index (χ3v) is 3.09. The van der Waals surface area contributed by atoms with E-state index in [9.17, 15) is 9.59 Å². The van der Waals surface area contributed by atoms with Gasteiger partial charge in [0.15, 0.2) is 0 Å². The van der Waals surface area contributed by atoms with Gasteiger partial charge in [-0.1, -0.05) is 12.1 Å². The van der Waals surface area contributed by atoms with Crippen molar-refractivity contribution in [3.05, 3.63) is 63.9 Å². The minimum Gasteiger partial charge on any atom is -0.366 e. The maximum atomic E-state index is 11.9. The van der Waals surface area contributed by atoms with E-state index in [1.807, 2.05) is 6.07 Å². The average Bonchev–Trinajstić information content (AvgIpc) is 2.45. The fourth-order valence-electron chi connectivity index (χ4n) is 1.66. The molecule has 0 aliphatic heterocycles. The second-order valence-corrected chi connectivity index (χ2v) is 4.93. The quantitative estimate of drug-likeness (QED) is 0.837. The molecule has 3 N–H and O–H groups in total. The number of primary amides is 1. The SMILES string of the molecule is NC(=O)c1cccc(CNC(=O)c2ccnc(Br)c2)c1. The van der Waals surface area contributed by atoms with Crippen molar-refractivity contribution in [3.63, 3.8) is 0 Å². The zero-order chi connectivity index (χ0) is 14.5. The Hall–Kier alpha value is -2.21. The van der Waals surface area contributed by atoms with Gasteiger partial charge in [-0.15, -0.1) is 0 Å².